The van der Waals surface area contributed by atoms with E-state index in [4.69, 9.17) is 14.2 Å². The van der Waals surface area contributed by atoms with E-state index in [1.807, 2.05) is 6.07 Å². The molecule has 1 aliphatic carbocycles. The first-order valence-electron chi connectivity index (χ1n) is 9.51. The van der Waals surface area contributed by atoms with Gasteiger partial charge in [0.1, 0.15) is 6.10 Å². The molecule has 1 saturated carbocycles. The molecule has 1 atom stereocenters. The van der Waals surface area contributed by atoms with Crippen molar-refractivity contribution >= 4 is 5.91 Å². The molecule has 6 nitrogen and oxygen atoms in total. The number of ether oxygens (including phenoxy) is 3. The molecule has 2 aliphatic rings. The number of methoxy groups -OCH3 is 2. The van der Waals surface area contributed by atoms with Gasteiger partial charge in [0, 0.05) is 25.0 Å². The molecule has 0 aromatic heterocycles. The van der Waals surface area contributed by atoms with Gasteiger partial charge in [-0.25, -0.2) is 0 Å². The average Bonchev–Trinajstić information content (AvgIpc) is 2.72. The second kappa shape index (κ2) is 8.73. The number of carbonyl (C=O) groups is 1. The number of hydrogen-bond acceptors (Lipinski definition) is 5. The van der Waals surface area contributed by atoms with Gasteiger partial charge in [-0.1, -0.05) is 25.3 Å². The summed E-state index contributed by atoms with van der Waals surface area (Å²) in [5, 5.41) is 6.36. The van der Waals surface area contributed by atoms with Gasteiger partial charge in [0.15, 0.2) is 11.5 Å². The normalized spacial score (nSPS) is 22.5. The second-order valence-corrected chi connectivity index (χ2v) is 7.19. The van der Waals surface area contributed by atoms with Crippen LogP contribution in [0.5, 0.6) is 11.5 Å². The molecular formula is C20H30N2O4. The molecule has 2 N–H and O–H groups in total. The Balaban J connectivity index is 1.77. The molecule has 1 aromatic rings. The number of nitrogens with one attached hydrogen (secondary N) is 2. The number of benzene rings is 1. The molecule has 0 radical (unpaired) electrons. The Morgan fingerprint density at radius 3 is 2.65 bits per heavy atom. The van der Waals surface area contributed by atoms with Gasteiger partial charge in [-0.15, -0.1) is 0 Å². The molecule has 144 valence electrons. The number of amides is 1. The van der Waals surface area contributed by atoms with Crippen LogP contribution in [0.4, 0.5) is 0 Å². The molecule has 0 spiro atoms. The first-order chi connectivity index (χ1) is 12.7. The van der Waals surface area contributed by atoms with E-state index in [0.29, 0.717) is 19.7 Å². The van der Waals surface area contributed by atoms with Crippen molar-refractivity contribution in [3.63, 3.8) is 0 Å². The minimum Gasteiger partial charge on any atom is -0.493 e. The predicted octanol–water partition coefficient (Wildman–Crippen LogP) is 2.01. The Bertz CT molecular complexity index is 608. The highest BCUT2D eigenvalue weighted by Crippen LogP contribution is 2.42. The quantitative estimate of drug-likeness (QED) is 0.810. The standard InChI is InChI=1S/C20H30N2O4/c1-24-16-7-6-15(12-17(16)25-2)20(8-4-3-5-9-20)14-22-19(23)18-13-21-10-11-26-18/h6-7,12,18,21H,3-5,8-11,13-14H2,1-2H3,(H,22,23). The Morgan fingerprint density at radius 1 is 1.23 bits per heavy atom. The molecule has 26 heavy (non-hydrogen) atoms. The molecule has 3 rings (SSSR count). The summed E-state index contributed by atoms with van der Waals surface area (Å²) in [7, 11) is 3.30. The lowest BCUT2D eigenvalue weighted by molar-refractivity contribution is -0.134. The van der Waals surface area contributed by atoms with E-state index in [0.717, 1.165) is 30.9 Å². The van der Waals surface area contributed by atoms with Crippen molar-refractivity contribution in [2.24, 2.45) is 0 Å². The number of morpholine rings is 1. The van der Waals surface area contributed by atoms with E-state index in [9.17, 15) is 4.79 Å². The van der Waals surface area contributed by atoms with Crippen LogP contribution in [0.15, 0.2) is 18.2 Å². The zero-order chi connectivity index (χ0) is 18.4. The van der Waals surface area contributed by atoms with Gasteiger partial charge in [0.25, 0.3) is 0 Å². The predicted molar refractivity (Wildman–Crippen MR) is 99.9 cm³/mol. The van der Waals surface area contributed by atoms with Crippen molar-refractivity contribution in [1.29, 1.82) is 0 Å². The fourth-order valence-corrected chi connectivity index (χ4v) is 4.07. The maximum atomic E-state index is 12.5. The smallest absolute Gasteiger partial charge is 0.250 e. The molecule has 2 fully saturated rings. The molecule has 1 aromatic carbocycles. The van der Waals surface area contributed by atoms with Crippen LogP contribution in [0.3, 0.4) is 0 Å². The van der Waals surface area contributed by atoms with Crippen LogP contribution in [0, 0.1) is 0 Å². The van der Waals surface area contributed by atoms with Gasteiger partial charge in [-0.2, -0.15) is 0 Å². The van der Waals surface area contributed by atoms with Crippen molar-refractivity contribution in [3.8, 4) is 11.5 Å². The van der Waals surface area contributed by atoms with Crippen molar-refractivity contribution in [2.75, 3.05) is 40.5 Å². The maximum Gasteiger partial charge on any atom is 0.250 e. The SMILES string of the molecule is COc1ccc(C2(CNC(=O)C3CNCCO3)CCCCC2)cc1OC. The summed E-state index contributed by atoms with van der Waals surface area (Å²) in [5.41, 5.74) is 1.15. The second-order valence-electron chi connectivity index (χ2n) is 7.19. The summed E-state index contributed by atoms with van der Waals surface area (Å²) in [5.74, 6) is 1.44. The van der Waals surface area contributed by atoms with Gasteiger partial charge in [0.05, 0.1) is 20.8 Å². The summed E-state index contributed by atoms with van der Waals surface area (Å²) in [4.78, 5) is 12.5. The number of hydrogen-bond donors (Lipinski definition) is 2. The summed E-state index contributed by atoms with van der Waals surface area (Å²) in [6.07, 6.45) is 5.32. The average molecular weight is 362 g/mol. The largest absolute Gasteiger partial charge is 0.493 e. The molecule has 1 heterocycles. The highest BCUT2D eigenvalue weighted by atomic mass is 16.5. The lowest BCUT2D eigenvalue weighted by Gasteiger charge is -2.39. The van der Waals surface area contributed by atoms with Crippen LogP contribution < -0.4 is 20.1 Å². The topological polar surface area (TPSA) is 68.8 Å². The third-order valence-corrected chi connectivity index (χ3v) is 5.63. The maximum absolute atomic E-state index is 12.5. The third kappa shape index (κ3) is 4.13. The summed E-state index contributed by atoms with van der Waals surface area (Å²) in [6.45, 7) is 2.59. The molecule has 0 bridgehead atoms. The monoisotopic (exact) mass is 362 g/mol. The van der Waals surface area contributed by atoms with Gasteiger partial charge in [0.2, 0.25) is 5.91 Å². The minimum absolute atomic E-state index is 0.0253. The number of carbonyl (C=O) groups excluding carboxylic acids is 1. The molecular weight excluding hydrogens is 332 g/mol. The lowest BCUT2D eigenvalue weighted by Crippen LogP contribution is -2.51. The molecule has 1 saturated heterocycles. The van der Waals surface area contributed by atoms with E-state index in [1.165, 1.54) is 24.8 Å². The Kier molecular flexibility index (Phi) is 6.38. The highest BCUT2D eigenvalue weighted by Gasteiger charge is 2.36. The van der Waals surface area contributed by atoms with Crippen LogP contribution in [-0.2, 0) is 14.9 Å². The van der Waals surface area contributed by atoms with Crippen LogP contribution >= 0.6 is 0 Å². The Morgan fingerprint density at radius 2 is 2.00 bits per heavy atom. The van der Waals surface area contributed by atoms with E-state index < -0.39 is 6.10 Å². The molecule has 1 unspecified atom stereocenters. The van der Waals surface area contributed by atoms with Crippen LogP contribution in [0.1, 0.15) is 37.7 Å². The van der Waals surface area contributed by atoms with Gasteiger partial charge >= 0.3 is 0 Å². The highest BCUT2D eigenvalue weighted by molar-refractivity contribution is 5.81. The van der Waals surface area contributed by atoms with Crippen molar-refractivity contribution in [3.05, 3.63) is 23.8 Å². The van der Waals surface area contributed by atoms with E-state index in [-0.39, 0.29) is 11.3 Å². The minimum atomic E-state index is -0.394. The third-order valence-electron chi connectivity index (χ3n) is 5.63. The first-order valence-corrected chi connectivity index (χ1v) is 9.51. The first kappa shape index (κ1) is 19.0. The molecule has 1 amide bonds. The van der Waals surface area contributed by atoms with E-state index in [1.54, 1.807) is 14.2 Å². The molecule has 6 heteroatoms. The zero-order valence-corrected chi connectivity index (χ0v) is 15.8. The fourth-order valence-electron chi connectivity index (χ4n) is 4.07. The summed E-state index contributed by atoms with van der Waals surface area (Å²) >= 11 is 0. The summed E-state index contributed by atoms with van der Waals surface area (Å²) in [6, 6.07) is 6.13. The summed E-state index contributed by atoms with van der Waals surface area (Å²) < 4.78 is 16.4. The van der Waals surface area contributed by atoms with Gasteiger partial charge in [-0.3, -0.25) is 4.79 Å². The Hall–Kier alpha value is -1.79. The van der Waals surface area contributed by atoms with Gasteiger partial charge in [-0.05, 0) is 30.5 Å². The van der Waals surface area contributed by atoms with Gasteiger partial charge < -0.3 is 24.8 Å². The van der Waals surface area contributed by atoms with Crippen LogP contribution in [0.25, 0.3) is 0 Å². The lowest BCUT2D eigenvalue weighted by atomic mass is 9.69. The number of rotatable bonds is 6. The Labute approximate surface area is 155 Å². The fraction of sp³-hybridized carbons (Fsp3) is 0.650. The zero-order valence-electron chi connectivity index (χ0n) is 15.8. The van der Waals surface area contributed by atoms with Crippen molar-refractivity contribution < 1.29 is 19.0 Å². The van der Waals surface area contributed by atoms with E-state index in [2.05, 4.69) is 22.8 Å². The van der Waals surface area contributed by atoms with E-state index >= 15 is 0 Å². The van der Waals surface area contributed by atoms with Crippen molar-refractivity contribution in [1.82, 2.24) is 10.6 Å². The van der Waals surface area contributed by atoms with Crippen LogP contribution in [-0.4, -0.2) is 52.5 Å². The van der Waals surface area contributed by atoms with Crippen LogP contribution in [0.2, 0.25) is 0 Å². The molecule has 1 aliphatic heterocycles. The van der Waals surface area contributed by atoms with Crippen molar-refractivity contribution in [2.45, 2.75) is 43.6 Å².